The van der Waals surface area contributed by atoms with E-state index in [1.807, 2.05) is 6.92 Å². The number of carbonyl (C=O) groups is 2. The lowest BCUT2D eigenvalue weighted by Gasteiger charge is -2.33. The molecule has 0 heterocycles. The fraction of sp³-hybridized carbons (Fsp3) is 0.440. The molecular weight excluding hydrogens is 541 g/mol. The van der Waals surface area contributed by atoms with Crippen molar-refractivity contribution in [2.45, 2.75) is 39.3 Å². The first-order valence-electron chi connectivity index (χ1n) is 11.7. The van der Waals surface area contributed by atoms with E-state index >= 15 is 0 Å². The zero-order chi connectivity index (χ0) is 27.8. The maximum absolute atomic E-state index is 13.8. The minimum atomic E-state index is -3.94. The van der Waals surface area contributed by atoms with Crippen molar-refractivity contribution in [2.24, 2.45) is 0 Å². The number of nitrogens with one attached hydrogen (secondary N) is 1. The van der Waals surface area contributed by atoms with E-state index in [-0.39, 0.29) is 30.3 Å². The second kappa shape index (κ2) is 13.7. The number of sulfonamides is 1. The molecule has 2 aromatic rings. The van der Waals surface area contributed by atoms with E-state index in [0.29, 0.717) is 34.3 Å². The number of hydrogen-bond donors (Lipinski definition) is 1. The molecule has 2 rings (SSSR count). The highest BCUT2D eigenvalue weighted by Crippen LogP contribution is 2.34. The fourth-order valence-electron chi connectivity index (χ4n) is 3.72. The van der Waals surface area contributed by atoms with E-state index in [1.165, 1.54) is 31.3 Å². The molecule has 0 fully saturated rings. The minimum Gasteiger partial charge on any atom is -0.497 e. The van der Waals surface area contributed by atoms with Crippen LogP contribution >= 0.6 is 23.2 Å². The van der Waals surface area contributed by atoms with Gasteiger partial charge in [-0.25, -0.2) is 8.42 Å². The first-order valence-corrected chi connectivity index (χ1v) is 14.3. The van der Waals surface area contributed by atoms with Crippen LogP contribution in [0, 0.1) is 0 Å². The summed E-state index contributed by atoms with van der Waals surface area (Å²) in [4.78, 5) is 28.1. The maximum Gasteiger partial charge on any atom is 0.244 e. The molecular formula is C25H33Cl2N3O6S. The first kappa shape index (κ1) is 30.5. The summed E-state index contributed by atoms with van der Waals surface area (Å²) >= 11 is 12.7. The van der Waals surface area contributed by atoms with Crippen LogP contribution in [-0.4, -0.2) is 64.7 Å². The Bertz CT molecular complexity index is 1190. The van der Waals surface area contributed by atoms with E-state index in [1.54, 1.807) is 31.2 Å². The fourth-order valence-corrected chi connectivity index (χ4v) is 5.10. The van der Waals surface area contributed by atoms with Gasteiger partial charge < -0.3 is 19.7 Å². The number of anilines is 1. The molecule has 0 spiro atoms. The molecule has 1 atom stereocenters. The summed E-state index contributed by atoms with van der Waals surface area (Å²) in [6.07, 6.45) is 1.99. The number of halogens is 2. The van der Waals surface area contributed by atoms with Gasteiger partial charge in [-0.2, -0.15) is 0 Å². The second-order valence-corrected chi connectivity index (χ2v) is 11.0. The maximum atomic E-state index is 13.8. The second-order valence-electron chi connectivity index (χ2n) is 8.24. The van der Waals surface area contributed by atoms with Crippen LogP contribution in [-0.2, 0) is 26.2 Å². The van der Waals surface area contributed by atoms with Crippen molar-refractivity contribution >= 4 is 50.7 Å². The van der Waals surface area contributed by atoms with Crippen LogP contribution in [0.4, 0.5) is 5.69 Å². The Balaban J connectivity index is 2.55. The average Bonchev–Trinajstić information content (AvgIpc) is 2.86. The van der Waals surface area contributed by atoms with Crippen molar-refractivity contribution in [1.82, 2.24) is 10.2 Å². The normalized spacial score (nSPS) is 12.0. The van der Waals surface area contributed by atoms with Gasteiger partial charge >= 0.3 is 0 Å². The van der Waals surface area contributed by atoms with E-state index in [4.69, 9.17) is 32.7 Å². The van der Waals surface area contributed by atoms with Gasteiger partial charge in [0, 0.05) is 34.8 Å². The van der Waals surface area contributed by atoms with E-state index in [0.717, 1.165) is 10.6 Å². The highest BCUT2D eigenvalue weighted by molar-refractivity contribution is 7.92. The SMILES string of the molecule is CCCNC(=O)[C@H](CC)N(Cc1c(Cl)cccc1Cl)C(=O)CN(c1ccc(OC)cc1OC)S(C)(=O)=O. The predicted molar refractivity (Wildman–Crippen MR) is 146 cm³/mol. The van der Waals surface area contributed by atoms with Crippen LogP contribution in [0.15, 0.2) is 36.4 Å². The Kier molecular flexibility index (Phi) is 11.3. The van der Waals surface area contributed by atoms with Gasteiger partial charge in [0.2, 0.25) is 21.8 Å². The van der Waals surface area contributed by atoms with Crippen LogP contribution < -0.4 is 19.1 Å². The lowest BCUT2D eigenvalue weighted by Crippen LogP contribution is -2.52. The monoisotopic (exact) mass is 573 g/mol. The number of nitrogens with zero attached hydrogens (tertiary/aromatic N) is 2. The molecule has 0 aromatic heterocycles. The molecule has 1 N–H and O–H groups in total. The third kappa shape index (κ3) is 7.90. The summed E-state index contributed by atoms with van der Waals surface area (Å²) in [5, 5.41) is 3.47. The van der Waals surface area contributed by atoms with Crippen LogP contribution in [0.1, 0.15) is 32.3 Å². The Morgan fingerprint density at radius 1 is 1.05 bits per heavy atom. The Morgan fingerprint density at radius 2 is 1.70 bits per heavy atom. The average molecular weight is 575 g/mol. The van der Waals surface area contributed by atoms with Gasteiger partial charge in [-0.15, -0.1) is 0 Å². The van der Waals surface area contributed by atoms with Gasteiger partial charge in [-0.1, -0.05) is 43.1 Å². The van der Waals surface area contributed by atoms with Crippen molar-refractivity contribution in [3.8, 4) is 11.5 Å². The molecule has 0 bridgehead atoms. The molecule has 0 saturated heterocycles. The molecule has 0 radical (unpaired) electrons. The molecule has 37 heavy (non-hydrogen) atoms. The van der Waals surface area contributed by atoms with Gasteiger partial charge in [0.1, 0.15) is 24.1 Å². The van der Waals surface area contributed by atoms with Crippen molar-refractivity contribution < 1.29 is 27.5 Å². The third-order valence-corrected chi connectivity index (χ3v) is 7.49. The number of carbonyl (C=O) groups excluding carboxylic acids is 2. The first-order chi connectivity index (χ1) is 17.5. The summed E-state index contributed by atoms with van der Waals surface area (Å²) in [7, 11) is -1.09. The summed E-state index contributed by atoms with van der Waals surface area (Å²) in [6, 6.07) is 8.63. The summed E-state index contributed by atoms with van der Waals surface area (Å²) < 4.78 is 37.2. The molecule has 204 valence electrons. The van der Waals surface area contributed by atoms with Crippen LogP contribution in [0.25, 0.3) is 0 Å². The number of ether oxygens (including phenoxy) is 2. The highest BCUT2D eigenvalue weighted by Gasteiger charge is 2.33. The molecule has 9 nitrogen and oxygen atoms in total. The van der Waals surface area contributed by atoms with Crippen LogP contribution in [0.2, 0.25) is 10.0 Å². The predicted octanol–water partition coefficient (Wildman–Crippen LogP) is 4.11. The topological polar surface area (TPSA) is 105 Å². The third-order valence-electron chi connectivity index (χ3n) is 5.66. The van der Waals surface area contributed by atoms with E-state index < -0.39 is 28.5 Å². The smallest absolute Gasteiger partial charge is 0.244 e. The molecule has 0 aliphatic rings. The summed E-state index contributed by atoms with van der Waals surface area (Å²) in [5.41, 5.74) is 0.604. The minimum absolute atomic E-state index is 0.0905. The lowest BCUT2D eigenvalue weighted by atomic mass is 10.1. The quantitative estimate of drug-likeness (QED) is 0.386. The van der Waals surface area contributed by atoms with Crippen LogP contribution in [0.3, 0.4) is 0 Å². The van der Waals surface area contributed by atoms with Gasteiger partial charge in [0.25, 0.3) is 0 Å². The number of benzene rings is 2. The van der Waals surface area contributed by atoms with Gasteiger partial charge in [-0.05, 0) is 37.1 Å². The molecule has 0 aliphatic heterocycles. The summed E-state index contributed by atoms with van der Waals surface area (Å²) in [6.45, 7) is 3.45. The Labute approximate surface area is 228 Å². The Morgan fingerprint density at radius 3 is 2.22 bits per heavy atom. The van der Waals surface area contributed by atoms with Crippen molar-refractivity contribution in [3.05, 3.63) is 52.0 Å². The number of hydrogen-bond acceptors (Lipinski definition) is 6. The molecule has 0 aliphatic carbocycles. The lowest BCUT2D eigenvalue weighted by molar-refractivity contribution is -0.140. The van der Waals surface area contributed by atoms with Crippen molar-refractivity contribution in [1.29, 1.82) is 0 Å². The molecule has 0 unspecified atom stereocenters. The van der Waals surface area contributed by atoms with Gasteiger partial charge in [0.15, 0.2) is 0 Å². The number of rotatable bonds is 13. The van der Waals surface area contributed by atoms with Crippen molar-refractivity contribution in [3.63, 3.8) is 0 Å². The van der Waals surface area contributed by atoms with Gasteiger partial charge in [-0.3, -0.25) is 13.9 Å². The highest BCUT2D eigenvalue weighted by atomic mass is 35.5. The summed E-state index contributed by atoms with van der Waals surface area (Å²) in [5.74, 6) is -0.313. The Hall–Kier alpha value is -2.69. The van der Waals surface area contributed by atoms with Crippen LogP contribution in [0.5, 0.6) is 11.5 Å². The molecule has 2 amide bonds. The standard InChI is InChI=1S/C25H33Cl2N3O6S/c1-6-13-28-25(32)21(7-2)29(15-18-19(26)9-8-10-20(18)27)24(31)16-30(37(5,33)34)22-12-11-17(35-3)14-23(22)36-4/h8-12,14,21H,6-7,13,15-16H2,1-5H3,(H,28,32)/t21-/m0/s1. The zero-order valence-electron chi connectivity index (χ0n) is 21.6. The zero-order valence-corrected chi connectivity index (χ0v) is 23.9. The van der Waals surface area contributed by atoms with Crippen molar-refractivity contribution in [2.75, 3.05) is 37.9 Å². The molecule has 2 aromatic carbocycles. The van der Waals surface area contributed by atoms with Gasteiger partial charge in [0.05, 0.1) is 26.2 Å². The largest absolute Gasteiger partial charge is 0.497 e. The molecule has 12 heteroatoms. The number of amides is 2. The van der Waals surface area contributed by atoms with E-state index in [9.17, 15) is 18.0 Å². The molecule has 0 saturated carbocycles. The number of methoxy groups -OCH3 is 2. The van der Waals surface area contributed by atoms with E-state index in [2.05, 4.69) is 5.32 Å².